The molecule has 1 aromatic carbocycles. The van der Waals surface area contributed by atoms with Crippen LogP contribution in [0.25, 0.3) is 0 Å². The summed E-state index contributed by atoms with van der Waals surface area (Å²) in [5.74, 6) is 0.303. The number of aromatic nitrogens is 1. The summed E-state index contributed by atoms with van der Waals surface area (Å²) >= 11 is 0. The van der Waals surface area contributed by atoms with E-state index in [4.69, 9.17) is 5.73 Å². The van der Waals surface area contributed by atoms with Crippen LogP contribution in [0.3, 0.4) is 0 Å². The highest BCUT2D eigenvalue weighted by molar-refractivity contribution is 5.92. The van der Waals surface area contributed by atoms with Crippen molar-refractivity contribution in [2.45, 2.75) is 19.5 Å². The van der Waals surface area contributed by atoms with Crippen molar-refractivity contribution < 1.29 is 4.79 Å². The van der Waals surface area contributed by atoms with Crippen molar-refractivity contribution >= 4 is 5.91 Å². The Balaban J connectivity index is 1.69. The highest BCUT2D eigenvalue weighted by Gasteiger charge is 2.18. The zero-order valence-corrected chi connectivity index (χ0v) is 13.8. The summed E-state index contributed by atoms with van der Waals surface area (Å²) in [6.07, 6.45) is 4.96. The fourth-order valence-electron chi connectivity index (χ4n) is 3.20. The van der Waals surface area contributed by atoms with E-state index in [0.717, 1.165) is 32.7 Å². The minimum atomic E-state index is -0.384. The SMILES string of the molecule is NC(=O)c1ccc(CN(Cc2cccnc2)C[C@@H]2CCNC2)cc1. The number of hydrogen-bond donors (Lipinski definition) is 2. The molecule has 1 aliphatic rings. The van der Waals surface area contributed by atoms with Crippen LogP contribution < -0.4 is 11.1 Å². The van der Waals surface area contributed by atoms with Crippen molar-refractivity contribution in [1.82, 2.24) is 15.2 Å². The smallest absolute Gasteiger partial charge is 0.248 e. The number of pyridine rings is 1. The van der Waals surface area contributed by atoms with Crippen LogP contribution in [0.1, 0.15) is 27.9 Å². The van der Waals surface area contributed by atoms with Crippen molar-refractivity contribution in [2.75, 3.05) is 19.6 Å². The minimum Gasteiger partial charge on any atom is -0.366 e. The van der Waals surface area contributed by atoms with Gasteiger partial charge in [0.25, 0.3) is 0 Å². The summed E-state index contributed by atoms with van der Waals surface area (Å²) in [6.45, 7) is 4.98. The maximum absolute atomic E-state index is 11.2. The molecule has 1 amide bonds. The molecule has 24 heavy (non-hydrogen) atoms. The number of hydrogen-bond acceptors (Lipinski definition) is 4. The van der Waals surface area contributed by atoms with Gasteiger partial charge in [0.15, 0.2) is 0 Å². The van der Waals surface area contributed by atoms with Crippen molar-refractivity contribution in [1.29, 1.82) is 0 Å². The van der Waals surface area contributed by atoms with E-state index in [-0.39, 0.29) is 5.91 Å². The lowest BCUT2D eigenvalue weighted by molar-refractivity contribution is 0.100. The number of benzene rings is 1. The van der Waals surface area contributed by atoms with Crippen LogP contribution in [0.5, 0.6) is 0 Å². The summed E-state index contributed by atoms with van der Waals surface area (Å²) in [7, 11) is 0. The molecule has 1 saturated heterocycles. The Kier molecular flexibility index (Phi) is 5.56. The second-order valence-corrected chi connectivity index (χ2v) is 6.45. The Hall–Kier alpha value is -2.24. The molecule has 0 unspecified atom stereocenters. The van der Waals surface area contributed by atoms with Crippen molar-refractivity contribution in [3.63, 3.8) is 0 Å². The van der Waals surface area contributed by atoms with Gasteiger partial charge in [0, 0.05) is 37.6 Å². The molecule has 0 bridgehead atoms. The molecule has 5 nitrogen and oxygen atoms in total. The van der Waals surface area contributed by atoms with Crippen LogP contribution in [0.15, 0.2) is 48.8 Å². The van der Waals surface area contributed by atoms with Crippen LogP contribution >= 0.6 is 0 Å². The van der Waals surface area contributed by atoms with E-state index >= 15 is 0 Å². The maximum Gasteiger partial charge on any atom is 0.248 e. The minimum absolute atomic E-state index is 0.384. The molecule has 0 spiro atoms. The molecule has 0 saturated carbocycles. The van der Waals surface area contributed by atoms with Gasteiger partial charge in [-0.2, -0.15) is 0 Å². The zero-order chi connectivity index (χ0) is 16.8. The van der Waals surface area contributed by atoms with E-state index in [2.05, 4.69) is 21.3 Å². The van der Waals surface area contributed by atoms with Crippen molar-refractivity contribution in [3.8, 4) is 0 Å². The molecule has 1 fully saturated rings. The van der Waals surface area contributed by atoms with Gasteiger partial charge in [-0.1, -0.05) is 18.2 Å². The first kappa shape index (κ1) is 16.6. The lowest BCUT2D eigenvalue weighted by Gasteiger charge is -2.25. The van der Waals surface area contributed by atoms with Crippen LogP contribution in [-0.2, 0) is 13.1 Å². The fraction of sp³-hybridized carbons (Fsp3) is 0.368. The van der Waals surface area contributed by atoms with Crippen molar-refractivity contribution in [2.24, 2.45) is 11.7 Å². The Bertz CT molecular complexity index is 651. The first-order valence-electron chi connectivity index (χ1n) is 8.41. The van der Waals surface area contributed by atoms with Gasteiger partial charge in [0.05, 0.1) is 0 Å². The van der Waals surface area contributed by atoms with Gasteiger partial charge in [-0.25, -0.2) is 0 Å². The molecule has 2 heterocycles. The van der Waals surface area contributed by atoms with Crippen LogP contribution in [0, 0.1) is 5.92 Å². The standard InChI is InChI=1S/C19H24N4O/c20-19(24)18-5-3-15(4-6-18)12-23(14-17-7-9-22-11-17)13-16-2-1-8-21-10-16/h1-6,8,10,17,22H,7,9,11-14H2,(H2,20,24)/t17-/m1/s1. The van der Waals surface area contributed by atoms with Gasteiger partial charge < -0.3 is 11.1 Å². The average molecular weight is 324 g/mol. The highest BCUT2D eigenvalue weighted by atomic mass is 16.1. The molecule has 3 N–H and O–H groups in total. The maximum atomic E-state index is 11.2. The second-order valence-electron chi connectivity index (χ2n) is 6.45. The summed E-state index contributed by atoms with van der Waals surface area (Å²) in [5, 5.41) is 3.43. The van der Waals surface area contributed by atoms with E-state index in [1.165, 1.54) is 17.5 Å². The molecule has 1 aliphatic heterocycles. The first-order chi connectivity index (χ1) is 11.7. The van der Waals surface area contributed by atoms with E-state index in [1.807, 2.05) is 24.4 Å². The van der Waals surface area contributed by atoms with Gasteiger partial charge >= 0.3 is 0 Å². The van der Waals surface area contributed by atoms with Gasteiger partial charge in [-0.3, -0.25) is 14.7 Å². The van der Waals surface area contributed by atoms with E-state index in [9.17, 15) is 4.79 Å². The van der Waals surface area contributed by atoms with E-state index in [0.29, 0.717) is 11.5 Å². The zero-order valence-electron chi connectivity index (χ0n) is 13.8. The Morgan fingerprint density at radius 3 is 2.62 bits per heavy atom. The molecule has 1 aromatic heterocycles. The van der Waals surface area contributed by atoms with E-state index < -0.39 is 0 Å². The number of carbonyl (C=O) groups excluding carboxylic acids is 1. The third-order valence-corrected chi connectivity index (χ3v) is 4.45. The summed E-state index contributed by atoms with van der Waals surface area (Å²) in [5.41, 5.74) is 8.28. The van der Waals surface area contributed by atoms with Gasteiger partial charge in [-0.05, 0) is 54.8 Å². The quantitative estimate of drug-likeness (QED) is 0.814. The topological polar surface area (TPSA) is 71.2 Å². The molecule has 126 valence electrons. The van der Waals surface area contributed by atoms with E-state index in [1.54, 1.807) is 18.3 Å². The van der Waals surface area contributed by atoms with Gasteiger partial charge in [0.2, 0.25) is 5.91 Å². The van der Waals surface area contributed by atoms with Gasteiger partial charge in [0.1, 0.15) is 0 Å². The molecular weight excluding hydrogens is 300 g/mol. The molecule has 0 radical (unpaired) electrons. The van der Waals surface area contributed by atoms with Gasteiger partial charge in [-0.15, -0.1) is 0 Å². The number of rotatable bonds is 7. The number of nitrogens with zero attached hydrogens (tertiary/aromatic N) is 2. The number of amides is 1. The third kappa shape index (κ3) is 4.63. The lowest BCUT2D eigenvalue weighted by atomic mass is 10.1. The second kappa shape index (κ2) is 8.04. The predicted molar refractivity (Wildman–Crippen MR) is 94.3 cm³/mol. The fourth-order valence-corrected chi connectivity index (χ4v) is 3.20. The highest BCUT2D eigenvalue weighted by Crippen LogP contribution is 2.16. The summed E-state index contributed by atoms with van der Waals surface area (Å²) in [6, 6.07) is 11.7. The molecule has 2 aromatic rings. The molecule has 1 atom stereocenters. The summed E-state index contributed by atoms with van der Waals surface area (Å²) in [4.78, 5) is 17.9. The largest absolute Gasteiger partial charge is 0.366 e. The lowest BCUT2D eigenvalue weighted by Crippen LogP contribution is -2.30. The summed E-state index contributed by atoms with van der Waals surface area (Å²) < 4.78 is 0. The molecule has 5 heteroatoms. The third-order valence-electron chi connectivity index (χ3n) is 4.45. The normalized spacial score (nSPS) is 17.3. The first-order valence-corrected chi connectivity index (χ1v) is 8.41. The molecule has 3 rings (SSSR count). The molecular formula is C19H24N4O. The Labute approximate surface area is 142 Å². The monoisotopic (exact) mass is 324 g/mol. The number of primary amides is 1. The Morgan fingerprint density at radius 2 is 2.00 bits per heavy atom. The average Bonchev–Trinajstić information content (AvgIpc) is 3.09. The Morgan fingerprint density at radius 1 is 1.21 bits per heavy atom. The van der Waals surface area contributed by atoms with Crippen LogP contribution in [0.2, 0.25) is 0 Å². The predicted octanol–water partition coefficient (Wildman–Crippen LogP) is 1.79. The van der Waals surface area contributed by atoms with Crippen LogP contribution in [-0.4, -0.2) is 35.4 Å². The number of nitrogens with two attached hydrogens (primary N) is 1. The number of carbonyl (C=O) groups is 1. The molecule has 0 aliphatic carbocycles. The number of nitrogens with one attached hydrogen (secondary N) is 1. The van der Waals surface area contributed by atoms with Crippen molar-refractivity contribution in [3.05, 3.63) is 65.5 Å². The van der Waals surface area contributed by atoms with Crippen LogP contribution in [0.4, 0.5) is 0 Å².